The molecule has 0 fully saturated rings. The average molecular weight is 329 g/mol. The van der Waals surface area contributed by atoms with E-state index in [0.717, 1.165) is 0 Å². The van der Waals surface area contributed by atoms with Crippen LogP contribution in [0.4, 0.5) is 5.82 Å². The lowest BCUT2D eigenvalue weighted by Gasteiger charge is -2.14. The van der Waals surface area contributed by atoms with E-state index in [1.165, 1.54) is 0 Å². The van der Waals surface area contributed by atoms with E-state index >= 15 is 0 Å². The van der Waals surface area contributed by atoms with Crippen LogP contribution in [0.1, 0.15) is 30.6 Å². The Morgan fingerprint density at radius 3 is 2.79 bits per heavy atom. The molecule has 1 heterocycles. The molecule has 0 radical (unpaired) electrons. The number of amides is 2. The Hall–Kier alpha value is -1.63. The minimum Gasteiger partial charge on any atom is -0.370 e. The zero-order chi connectivity index (χ0) is 14.4. The molecule has 0 spiro atoms. The molecule has 19 heavy (non-hydrogen) atoms. The highest BCUT2D eigenvalue weighted by Crippen LogP contribution is 2.18. The number of halogens is 1. The molecule has 2 amide bonds. The molecule has 0 saturated heterocycles. The van der Waals surface area contributed by atoms with Crippen molar-refractivity contribution in [1.82, 2.24) is 10.3 Å². The number of nitrogens with two attached hydrogens (primary N) is 1. The lowest BCUT2D eigenvalue weighted by atomic mass is 10.2. The lowest BCUT2D eigenvalue weighted by molar-refractivity contribution is -0.118. The molecule has 0 aliphatic heterocycles. The van der Waals surface area contributed by atoms with Gasteiger partial charge in [0.25, 0.3) is 5.91 Å². The van der Waals surface area contributed by atoms with Crippen molar-refractivity contribution in [3.8, 4) is 0 Å². The number of aromatic nitrogens is 1. The Labute approximate surface area is 120 Å². The Morgan fingerprint density at radius 1 is 1.53 bits per heavy atom. The van der Waals surface area contributed by atoms with Crippen LogP contribution in [-0.4, -0.2) is 29.4 Å². The molecular weight excluding hydrogens is 312 g/mol. The second kappa shape index (κ2) is 7.08. The highest BCUT2D eigenvalue weighted by Gasteiger charge is 2.16. The van der Waals surface area contributed by atoms with Crippen LogP contribution in [0.3, 0.4) is 0 Å². The summed E-state index contributed by atoms with van der Waals surface area (Å²) in [6, 6.07) is 1.36. The molecule has 1 unspecified atom stereocenters. The van der Waals surface area contributed by atoms with E-state index in [9.17, 15) is 9.59 Å². The first-order valence-electron chi connectivity index (χ1n) is 5.92. The van der Waals surface area contributed by atoms with Crippen LogP contribution in [0.2, 0.25) is 0 Å². The molecule has 104 valence electrons. The Morgan fingerprint density at radius 2 is 2.21 bits per heavy atom. The summed E-state index contributed by atoms with van der Waals surface area (Å²) in [5.74, 6) is -0.236. The number of hydrogen-bond donors (Lipinski definition) is 3. The molecule has 1 atom stereocenters. The van der Waals surface area contributed by atoms with Crippen LogP contribution in [0.15, 0.2) is 16.7 Å². The van der Waals surface area contributed by atoms with Gasteiger partial charge in [0.2, 0.25) is 5.91 Å². The predicted molar refractivity (Wildman–Crippen MR) is 76.8 cm³/mol. The molecule has 0 saturated carbocycles. The Balaban J connectivity index is 2.85. The van der Waals surface area contributed by atoms with Crippen molar-refractivity contribution in [2.75, 3.05) is 11.9 Å². The summed E-state index contributed by atoms with van der Waals surface area (Å²) < 4.78 is 0.710. The number of hydrogen-bond acceptors (Lipinski definition) is 4. The number of primary amides is 1. The predicted octanol–water partition coefficient (Wildman–Crippen LogP) is 1.27. The summed E-state index contributed by atoms with van der Waals surface area (Å²) in [6.07, 6.45) is 1.71. The summed E-state index contributed by atoms with van der Waals surface area (Å²) >= 11 is 3.28. The molecule has 0 bridgehead atoms. The molecule has 0 aliphatic rings. The van der Waals surface area contributed by atoms with Gasteiger partial charge in [0.15, 0.2) is 0 Å². The maximum Gasteiger partial charge on any atom is 0.255 e. The molecule has 1 aromatic rings. The number of carbonyl (C=O) groups excluding carboxylic acids is 2. The van der Waals surface area contributed by atoms with Crippen molar-refractivity contribution in [2.45, 2.75) is 26.3 Å². The van der Waals surface area contributed by atoms with Crippen molar-refractivity contribution in [2.24, 2.45) is 5.73 Å². The second-order valence-electron chi connectivity index (χ2n) is 4.12. The van der Waals surface area contributed by atoms with Gasteiger partial charge >= 0.3 is 0 Å². The van der Waals surface area contributed by atoms with Crippen molar-refractivity contribution < 1.29 is 9.59 Å². The van der Waals surface area contributed by atoms with Gasteiger partial charge in [0, 0.05) is 29.7 Å². The average Bonchev–Trinajstić information content (AvgIpc) is 2.30. The van der Waals surface area contributed by atoms with Gasteiger partial charge in [-0.2, -0.15) is 0 Å². The fraction of sp³-hybridized carbons (Fsp3) is 0.417. The van der Waals surface area contributed by atoms with Crippen LogP contribution < -0.4 is 16.4 Å². The minimum absolute atomic E-state index is 0.101. The van der Waals surface area contributed by atoms with Gasteiger partial charge < -0.3 is 16.4 Å². The number of carbonyl (C=O) groups is 2. The van der Waals surface area contributed by atoms with E-state index in [1.54, 1.807) is 19.2 Å². The van der Waals surface area contributed by atoms with E-state index in [1.807, 2.05) is 6.92 Å². The van der Waals surface area contributed by atoms with Gasteiger partial charge in [-0.3, -0.25) is 9.59 Å². The van der Waals surface area contributed by atoms with Crippen LogP contribution in [0.5, 0.6) is 0 Å². The van der Waals surface area contributed by atoms with Crippen molar-refractivity contribution >= 4 is 33.6 Å². The highest BCUT2D eigenvalue weighted by atomic mass is 79.9. The van der Waals surface area contributed by atoms with Gasteiger partial charge in [-0.1, -0.05) is 0 Å². The maximum absolute atomic E-state index is 12.1. The van der Waals surface area contributed by atoms with Crippen molar-refractivity contribution in [3.05, 3.63) is 22.3 Å². The molecular formula is C12H17BrN4O2. The molecule has 1 rings (SSSR count). The van der Waals surface area contributed by atoms with Crippen molar-refractivity contribution in [1.29, 1.82) is 0 Å². The summed E-state index contributed by atoms with van der Waals surface area (Å²) in [5, 5.41) is 5.73. The van der Waals surface area contributed by atoms with Gasteiger partial charge in [0.05, 0.1) is 5.56 Å². The van der Waals surface area contributed by atoms with E-state index < -0.39 is 5.91 Å². The van der Waals surface area contributed by atoms with Gasteiger partial charge in [-0.25, -0.2) is 4.98 Å². The first-order chi connectivity index (χ1) is 8.93. The lowest BCUT2D eigenvalue weighted by Crippen LogP contribution is -2.36. The first-order valence-corrected chi connectivity index (χ1v) is 6.72. The standard InChI is InChI=1S/C12H17BrN4O2/c1-3-15-11-9(5-8(13)6-16-11)12(19)17-7(2)4-10(14)18/h5-7H,3-4H2,1-2H3,(H2,14,18)(H,15,16)(H,17,19). The number of anilines is 1. The second-order valence-corrected chi connectivity index (χ2v) is 5.04. The van der Waals surface area contributed by atoms with Gasteiger partial charge in [0.1, 0.15) is 5.82 Å². The molecule has 4 N–H and O–H groups in total. The molecule has 1 aromatic heterocycles. The Bertz CT molecular complexity index is 479. The number of nitrogens with one attached hydrogen (secondary N) is 2. The van der Waals surface area contributed by atoms with Gasteiger partial charge in [-0.05, 0) is 35.8 Å². The number of rotatable bonds is 6. The Kier molecular flexibility index (Phi) is 5.75. The largest absolute Gasteiger partial charge is 0.370 e. The molecule has 0 aliphatic carbocycles. The summed E-state index contributed by atoms with van der Waals surface area (Å²) in [5.41, 5.74) is 5.51. The van der Waals surface area contributed by atoms with E-state index in [4.69, 9.17) is 5.73 Å². The van der Waals surface area contributed by atoms with E-state index in [2.05, 4.69) is 31.5 Å². The van der Waals surface area contributed by atoms with Crippen LogP contribution in [0.25, 0.3) is 0 Å². The van der Waals surface area contributed by atoms with Crippen LogP contribution >= 0.6 is 15.9 Å². The fourth-order valence-electron chi connectivity index (χ4n) is 1.58. The fourth-order valence-corrected chi connectivity index (χ4v) is 1.91. The topological polar surface area (TPSA) is 97.1 Å². The SMILES string of the molecule is CCNc1ncc(Br)cc1C(=O)NC(C)CC(N)=O. The first kappa shape index (κ1) is 15.4. The number of nitrogens with zero attached hydrogens (tertiary/aromatic N) is 1. The zero-order valence-corrected chi connectivity index (χ0v) is 12.5. The van der Waals surface area contributed by atoms with Crippen molar-refractivity contribution in [3.63, 3.8) is 0 Å². The zero-order valence-electron chi connectivity index (χ0n) is 10.9. The summed E-state index contributed by atoms with van der Waals surface area (Å²) in [7, 11) is 0. The molecule has 0 aromatic carbocycles. The van der Waals surface area contributed by atoms with Crippen LogP contribution in [-0.2, 0) is 4.79 Å². The monoisotopic (exact) mass is 328 g/mol. The normalized spacial score (nSPS) is 11.7. The molecule has 7 heteroatoms. The minimum atomic E-state index is -0.452. The highest BCUT2D eigenvalue weighted by molar-refractivity contribution is 9.10. The van der Waals surface area contributed by atoms with E-state index in [-0.39, 0.29) is 18.4 Å². The number of pyridine rings is 1. The quantitative estimate of drug-likeness (QED) is 0.732. The maximum atomic E-state index is 12.1. The summed E-state index contributed by atoms with van der Waals surface area (Å²) in [4.78, 5) is 27.1. The van der Waals surface area contributed by atoms with Gasteiger partial charge in [-0.15, -0.1) is 0 Å². The summed E-state index contributed by atoms with van der Waals surface area (Å²) in [6.45, 7) is 4.30. The third-order valence-corrected chi connectivity index (χ3v) is 2.76. The molecule has 6 nitrogen and oxygen atoms in total. The smallest absolute Gasteiger partial charge is 0.255 e. The third kappa shape index (κ3) is 4.86. The third-order valence-electron chi connectivity index (χ3n) is 2.33. The van der Waals surface area contributed by atoms with Crippen LogP contribution in [0, 0.1) is 0 Å². The van der Waals surface area contributed by atoms with E-state index in [0.29, 0.717) is 22.4 Å².